The fourth-order valence-corrected chi connectivity index (χ4v) is 2.08. The number of nitrogens with two attached hydrogens (primary N) is 1. The summed E-state index contributed by atoms with van der Waals surface area (Å²) in [4.78, 5) is 14.0. The van der Waals surface area contributed by atoms with Crippen molar-refractivity contribution in [2.24, 2.45) is 5.73 Å². The molecule has 1 aliphatic heterocycles. The van der Waals surface area contributed by atoms with Gasteiger partial charge < -0.3 is 15.4 Å². The van der Waals surface area contributed by atoms with Gasteiger partial charge in [0.15, 0.2) is 0 Å². The Balaban J connectivity index is 1.92. The van der Waals surface area contributed by atoms with Gasteiger partial charge in [-0.05, 0) is 17.5 Å². The van der Waals surface area contributed by atoms with E-state index in [0.29, 0.717) is 26.1 Å². The minimum absolute atomic E-state index is 0.181. The first-order chi connectivity index (χ1) is 8.79. The van der Waals surface area contributed by atoms with E-state index in [0.717, 1.165) is 30.7 Å². The zero-order chi connectivity index (χ0) is 12.8. The Hall–Kier alpha value is -1.39. The average molecular weight is 248 g/mol. The maximum Gasteiger partial charge on any atom is 0.227 e. The molecule has 4 nitrogen and oxygen atoms in total. The number of ether oxygens (including phenoxy) is 1. The van der Waals surface area contributed by atoms with E-state index in [9.17, 15) is 4.79 Å². The van der Waals surface area contributed by atoms with E-state index < -0.39 is 0 Å². The number of hydrogen-bond donors (Lipinski definition) is 1. The van der Waals surface area contributed by atoms with Gasteiger partial charge in [0.25, 0.3) is 0 Å². The molecule has 2 N–H and O–H groups in total. The number of amides is 1. The lowest BCUT2D eigenvalue weighted by Crippen LogP contribution is -2.34. The lowest BCUT2D eigenvalue weighted by atomic mass is 10.1. The van der Waals surface area contributed by atoms with Gasteiger partial charge in [-0.3, -0.25) is 4.79 Å². The van der Waals surface area contributed by atoms with Crippen LogP contribution in [0.5, 0.6) is 0 Å². The third kappa shape index (κ3) is 3.55. The highest BCUT2D eigenvalue weighted by Crippen LogP contribution is 2.08. The average Bonchev–Trinajstić information content (AvgIpc) is 2.68. The quantitative estimate of drug-likeness (QED) is 0.866. The minimum atomic E-state index is 0.181. The van der Waals surface area contributed by atoms with Crippen molar-refractivity contribution in [1.29, 1.82) is 0 Å². The Kier molecular flexibility index (Phi) is 4.73. The van der Waals surface area contributed by atoms with Gasteiger partial charge >= 0.3 is 0 Å². The fraction of sp³-hybridized carbons (Fsp3) is 0.500. The minimum Gasteiger partial charge on any atom is -0.380 e. The summed E-state index contributed by atoms with van der Waals surface area (Å²) < 4.78 is 5.35. The van der Waals surface area contributed by atoms with Gasteiger partial charge in [-0.2, -0.15) is 0 Å². The molecule has 0 atom stereocenters. The van der Waals surface area contributed by atoms with E-state index in [-0.39, 0.29) is 5.91 Å². The smallest absolute Gasteiger partial charge is 0.227 e. The van der Waals surface area contributed by atoms with Crippen molar-refractivity contribution in [3.63, 3.8) is 0 Å². The van der Waals surface area contributed by atoms with E-state index in [1.165, 1.54) is 0 Å². The van der Waals surface area contributed by atoms with Gasteiger partial charge in [0.1, 0.15) is 0 Å². The summed E-state index contributed by atoms with van der Waals surface area (Å²) in [7, 11) is 0. The molecular formula is C14H20N2O2. The Morgan fingerprint density at radius 2 is 1.89 bits per heavy atom. The second kappa shape index (κ2) is 6.52. The highest BCUT2D eigenvalue weighted by Gasteiger charge is 2.15. The molecule has 0 unspecified atom stereocenters. The third-order valence-corrected chi connectivity index (χ3v) is 3.19. The first kappa shape index (κ1) is 13.1. The largest absolute Gasteiger partial charge is 0.380 e. The molecule has 0 aliphatic carbocycles. The molecule has 1 heterocycles. The van der Waals surface area contributed by atoms with Crippen molar-refractivity contribution in [3.8, 4) is 0 Å². The SMILES string of the molecule is NCc1ccc(CC(=O)N2CCCOCC2)cc1. The molecule has 1 amide bonds. The van der Waals surface area contributed by atoms with Gasteiger partial charge in [-0.1, -0.05) is 24.3 Å². The molecule has 0 radical (unpaired) electrons. The molecule has 1 aromatic carbocycles. The van der Waals surface area contributed by atoms with Crippen LogP contribution in [-0.4, -0.2) is 37.1 Å². The summed E-state index contributed by atoms with van der Waals surface area (Å²) in [6.07, 6.45) is 1.39. The molecule has 1 aliphatic rings. The fourth-order valence-electron chi connectivity index (χ4n) is 2.08. The molecule has 98 valence electrons. The van der Waals surface area contributed by atoms with Crippen molar-refractivity contribution in [3.05, 3.63) is 35.4 Å². The molecule has 18 heavy (non-hydrogen) atoms. The predicted octanol–water partition coefficient (Wildman–Crippen LogP) is 0.937. The van der Waals surface area contributed by atoms with Crippen molar-refractivity contribution in [2.45, 2.75) is 19.4 Å². The Morgan fingerprint density at radius 3 is 2.61 bits per heavy atom. The first-order valence-corrected chi connectivity index (χ1v) is 6.43. The molecule has 1 saturated heterocycles. The molecule has 0 aromatic heterocycles. The van der Waals surface area contributed by atoms with Gasteiger partial charge in [-0.15, -0.1) is 0 Å². The predicted molar refractivity (Wildman–Crippen MR) is 70.1 cm³/mol. The Labute approximate surface area is 108 Å². The number of hydrogen-bond acceptors (Lipinski definition) is 3. The van der Waals surface area contributed by atoms with Crippen molar-refractivity contribution < 1.29 is 9.53 Å². The topological polar surface area (TPSA) is 55.6 Å². The molecular weight excluding hydrogens is 228 g/mol. The third-order valence-electron chi connectivity index (χ3n) is 3.19. The standard InChI is InChI=1S/C14H20N2O2/c15-11-13-4-2-12(3-5-13)10-14(17)16-6-1-8-18-9-7-16/h2-5H,1,6-11,15H2. The zero-order valence-corrected chi connectivity index (χ0v) is 10.6. The zero-order valence-electron chi connectivity index (χ0n) is 10.6. The lowest BCUT2D eigenvalue weighted by Gasteiger charge is -2.19. The van der Waals surface area contributed by atoms with Crippen LogP contribution in [0.15, 0.2) is 24.3 Å². The summed E-state index contributed by atoms with van der Waals surface area (Å²) in [5.41, 5.74) is 7.68. The van der Waals surface area contributed by atoms with Gasteiger partial charge in [0.2, 0.25) is 5.91 Å². The monoisotopic (exact) mass is 248 g/mol. The highest BCUT2D eigenvalue weighted by atomic mass is 16.5. The van der Waals surface area contributed by atoms with Crippen LogP contribution in [0.1, 0.15) is 17.5 Å². The normalized spacial score (nSPS) is 16.4. The summed E-state index contributed by atoms with van der Waals surface area (Å²) in [5, 5.41) is 0. The number of rotatable bonds is 3. The highest BCUT2D eigenvalue weighted by molar-refractivity contribution is 5.78. The van der Waals surface area contributed by atoms with Gasteiger partial charge in [0, 0.05) is 26.2 Å². The molecule has 1 aromatic rings. The second-order valence-corrected chi connectivity index (χ2v) is 4.54. The molecule has 0 saturated carbocycles. The maximum atomic E-state index is 12.1. The molecule has 0 spiro atoms. The van der Waals surface area contributed by atoms with Crippen molar-refractivity contribution in [2.75, 3.05) is 26.3 Å². The molecule has 2 rings (SSSR count). The summed E-state index contributed by atoms with van der Waals surface area (Å²) in [6, 6.07) is 7.92. The maximum absolute atomic E-state index is 12.1. The second-order valence-electron chi connectivity index (χ2n) is 4.54. The molecule has 1 fully saturated rings. The van der Waals surface area contributed by atoms with E-state index in [1.807, 2.05) is 29.2 Å². The Morgan fingerprint density at radius 1 is 1.17 bits per heavy atom. The van der Waals surface area contributed by atoms with E-state index in [2.05, 4.69) is 0 Å². The summed E-state index contributed by atoms with van der Waals surface area (Å²) >= 11 is 0. The van der Waals surface area contributed by atoms with E-state index >= 15 is 0 Å². The van der Waals surface area contributed by atoms with Crippen LogP contribution in [0.3, 0.4) is 0 Å². The van der Waals surface area contributed by atoms with Gasteiger partial charge in [0.05, 0.1) is 13.0 Å². The van der Waals surface area contributed by atoms with Crippen LogP contribution >= 0.6 is 0 Å². The Bertz CT molecular complexity index is 381. The van der Waals surface area contributed by atoms with Gasteiger partial charge in [-0.25, -0.2) is 0 Å². The van der Waals surface area contributed by atoms with Crippen LogP contribution in [0.2, 0.25) is 0 Å². The van der Waals surface area contributed by atoms with Crippen molar-refractivity contribution in [1.82, 2.24) is 4.90 Å². The number of carbonyl (C=O) groups is 1. The van der Waals surface area contributed by atoms with Crippen LogP contribution in [0.4, 0.5) is 0 Å². The number of nitrogens with zero attached hydrogens (tertiary/aromatic N) is 1. The van der Waals surface area contributed by atoms with Crippen LogP contribution in [0, 0.1) is 0 Å². The van der Waals surface area contributed by atoms with Crippen LogP contribution in [-0.2, 0) is 22.5 Å². The van der Waals surface area contributed by atoms with Crippen LogP contribution < -0.4 is 5.73 Å². The molecule has 4 heteroatoms. The van der Waals surface area contributed by atoms with E-state index in [4.69, 9.17) is 10.5 Å². The summed E-state index contributed by atoms with van der Waals surface area (Å²) in [5.74, 6) is 0.181. The number of carbonyl (C=O) groups excluding carboxylic acids is 1. The molecule has 0 bridgehead atoms. The van der Waals surface area contributed by atoms with E-state index in [1.54, 1.807) is 0 Å². The van der Waals surface area contributed by atoms with Crippen molar-refractivity contribution >= 4 is 5.91 Å². The number of benzene rings is 1. The van der Waals surface area contributed by atoms with Crippen LogP contribution in [0.25, 0.3) is 0 Å². The first-order valence-electron chi connectivity index (χ1n) is 6.43. The lowest BCUT2D eigenvalue weighted by molar-refractivity contribution is -0.130. The summed E-state index contributed by atoms with van der Waals surface area (Å²) in [6.45, 7) is 3.46.